The first-order chi connectivity index (χ1) is 8.11. The van der Waals surface area contributed by atoms with Gasteiger partial charge in [-0.1, -0.05) is 20.3 Å². The number of carbonyl (C=O) groups excluding carboxylic acids is 1. The molecule has 18 heavy (non-hydrogen) atoms. The Kier molecular flexibility index (Phi) is 6.28. The highest BCUT2D eigenvalue weighted by atomic mass is 35.5. The molecule has 0 radical (unpaired) electrons. The maximum absolute atomic E-state index is 11.9. The summed E-state index contributed by atoms with van der Waals surface area (Å²) in [4.78, 5) is 11.9. The fourth-order valence-electron chi connectivity index (χ4n) is 2.96. The molecule has 1 aliphatic carbocycles. The van der Waals surface area contributed by atoms with Crippen LogP contribution in [0.15, 0.2) is 0 Å². The van der Waals surface area contributed by atoms with Gasteiger partial charge in [-0.2, -0.15) is 0 Å². The third kappa shape index (κ3) is 4.04. The van der Waals surface area contributed by atoms with Crippen molar-refractivity contribution >= 4 is 30.1 Å². The van der Waals surface area contributed by atoms with Gasteiger partial charge in [0.25, 0.3) is 0 Å². The van der Waals surface area contributed by atoms with Gasteiger partial charge in [-0.15, -0.1) is 24.2 Å². The van der Waals surface area contributed by atoms with E-state index in [2.05, 4.69) is 24.5 Å². The predicted octanol–water partition coefficient (Wildman–Crippen LogP) is 2.40. The number of thioether (sulfide) groups is 1. The Morgan fingerprint density at radius 3 is 2.67 bits per heavy atom. The van der Waals surface area contributed by atoms with Crippen molar-refractivity contribution in [1.82, 2.24) is 10.6 Å². The lowest BCUT2D eigenvalue weighted by molar-refractivity contribution is -0.123. The summed E-state index contributed by atoms with van der Waals surface area (Å²) < 4.78 is 0. The molecule has 0 aromatic heterocycles. The van der Waals surface area contributed by atoms with E-state index in [-0.39, 0.29) is 24.4 Å². The average molecular weight is 293 g/mol. The van der Waals surface area contributed by atoms with E-state index in [1.54, 1.807) is 11.8 Å². The normalized spacial score (nSPS) is 25.4. The van der Waals surface area contributed by atoms with Crippen LogP contribution in [-0.4, -0.2) is 30.1 Å². The van der Waals surface area contributed by atoms with Crippen LogP contribution in [0.3, 0.4) is 0 Å². The predicted molar refractivity (Wildman–Crippen MR) is 80.2 cm³/mol. The van der Waals surface area contributed by atoms with E-state index < -0.39 is 0 Å². The molecule has 1 atom stereocenters. The van der Waals surface area contributed by atoms with E-state index in [9.17, 15) is 4.79 Å². The van der Waals surface area contributed by atoms with Crippen LogP contribution >= 0.6 is 24.2 Å². The minimum Gasteiger partial charge on any atom is -0.354 e. The lowest BCUT2D eigenvalue weighted by Gasteiger charge is -2.43. The fraction of sp³-hybridized carbons (Fsp3) is 0.923. The summed E-state index contributed by atoms with van der Waals surface area (Å²) in [6.07, 6.45) is 5.16. The van der Waals surface area contributed by atoms with Crippen molar-refractivity contribution in [3.63, 3.8) is 0 Å². The van der Waals surface area contributed by atoms with Gasteiger partial charge >= 0.3 is 0 Å². The summed E-state index contributed by atoms with van der Waals surface area (Å²) >= 11 is 1.80. The van der Waals surface area contributed by atoms with Crippen LogP contribution in [0.2, 0.25) is 0 Å². The Morgan fingerprint density at radius 2 is 2.22 bits per heavy atom. The second-order valence-electron chi connectivity index (χ2n) is 5.94. The van der Waals surface area contributed by atoms with Crippen LogP contribution in [0.4, 0.5) is 0 Å². The van der Waals surface area contributed by atoms with Crippen molar-refractivity contribution in [2.75, 3.05) is 18.2 Å². The standard InChI is InChI=1S/C13H24N2OS.ClH/c1-10(2)6-13(4-3-5-13)8-14-12(16)11-7-17-9-15-11;/h10-11,15H,3-9H2,1-2H3,(H,14,16);1H. The van der Waals surface area contributed by atoms with Gasteiger partial charge in [0, 0.05) is 18.2 Å². The molecule has 0 aromatic carbocycles. The Labute approximate surface area is 121 Å². The van der Waals surface area contributed by atoms with Gasteiger partial charge in [0.15, 0.2) is 0 Å². The Morgan fingerprint density at radius 1 is 1.50 bits per heavy atom. The minimum atomic E-state index is 0. The molecule has 106 valence electrons. The van der Waals surface area contributed by atoms with Gasteiger partial charge in [-0.3, -0.25) is 10.1 Å². The zero-order valence-corrected chi connectivity index (χ0v) is 13.0. The Bertz CT molecular complexity index is 276. The van der Waals surface area contributed by atoms with E-state index in [0.717, 1.165) is 24.1 Å². The van der Waals surface area contributed by atoms with E-state index in [1.807, 2.05) is 0 Å². The van der Waals surface area contributed by atoms with Crippen molar-refractivity contribution in [2.24, 2.45) is 11.3 Å². The first-order valence-electron chi connectivity index (χ1n) is 6.70. The summed E-state index contributed by atoms with van der Waals surface area (Å²) in [5.41, 5.74) is 0.412. The molecule has 2 fully saturated rings. The molecule has 2 N–H and O–H groups in total. The first kappa shape index (κ1) is 16.1. The van der Waals surface area contributed by atoms with Gasteiger partial charge in [0.2, 0.25) is 5.91 Å². The number of halogens is 1. The van der Waals surface area contributed by atoms with E-state index in [0.29, 0.717) is 5.41 Å². The van der Waals surface area contributed by atoms with Gasteiger partial charge in [0.1, 0.15) is 0 Å². The smallest absolute Gasteiger partial charge is 0.238 e. The molecular weight excluding hydrogens is 268 g/mol. The van der Waals surface area contributed by atoms with Gasteiger partial charge in [0.05, 0.1) is 6.04 Å². The third-order valence-corrected chi connectivity index (χ3v) is 4.87. The number of hydrogen-bond donors (Lipinski definition) is 2. The molecule has 5 heteroatoms. The molecule has 0 spiro atoms. The summed E-state index contributed by atoms with van der Waals surface area (Å²) in [7, 11) is 0. The minimum absolute atomic E-state index is 0. The van der Waals surface area contributed by atoms with E-state index in [1.165, 1.54) is 25.7 Å². The molecule has 2 aliphatic rings. The number of nitrogens with one attached hydrogen (secondary N) is 2. The van der Waals surface area contributed by atoms with Crippen LogP contribution in [0.25, 0.3) is 0 Å². The van der Waals surface area contributed by atoms with Gasteiger partial charge in [-0.25, -0.2) is 0 Å². The molecule has 2 rings (SSSR count). The van der Waals surface area contributed by atoms with Crippen LogP contribution in [0.1, 0.15) is 39.5 Å². The maximum atomic E-state index is 11.9. The van der Waals surface area contributed by atoms with Crippen LogP contribution in [0, 0.1) is 11.3 Å². The lowest BCUT2D eigenvalue weighted by Crippen LogP contribution is -2.48. The summed E-state index contributed by atoms with van der Waals surface area (Å²) in [6.45, 7) is 5.43. The molecule has 1 saturated heterocycles. The summed E-state index contributed by atoms with van der Waals surface area (Å²) in [5, 5.41) is 6.38. The van der Waals surface area contributed by atoms with E-state index in [4.69, 9.17) is 0 Å². The molecule has 0 aromatic rings. The van der Waals surface area contributed by atoms with Crippen molar-refractivity contribution in [2.45, 2.75) is 45.6 Å². The Balaban J connectivity index is 0.00000162. The van der Waals surface area contributed by atoms with Gasteiger partial charge in [-0.05, 0) is 30.6 Å². The fourth-order valence-corrected chi connectivity index (χ4v) is 3.90. The SMILES string of the molecule is CC(C)CC1(CNC(=O)C2CSCN2)CCC1.Cl. The number of amides is 1. The molecule has 3 nitrogen and oxygen atoms in total. The molecule has 1 unspecified atom stereocenters. The molecule has 1 heterocycles. The first-order valence-corrected chi connectivity index (χ1v) is 7.86. The quantitative estimate of drug-likeness (QED) is 0.818. The van der Waals surface area contributed by atoms with Crippen LogP contribution in [0.5, 0.6) is 0 Å². The summed E-state index contributed by atoms with van der Waals surface area (Å²) in [6, 6.07) is 0.0381. The zero-order valence-electron chi connectivity index (χ0n) is 11.3. The van der Waals surface area contributed by atoms with Crippen molar-refractivity contribution in [3.8, 4) is 0 Å². The molecule has 0 bridgehead atoms. The van der Waals surface area contributed by atoms with Crippen molar-refractivity contribution in [3.05, 3.63) is 0 Å². The monoisotopic (exact) mass is 292 g/mol. The van der Waals surface area contributed by atoms with Crippen molar-refractivity contribution in [1.29, 1.82) is 0 Å². The zero-order chi connectivity index (χ0) is 12.3. The number of carbonyl (C=O) groups is 1. The second kappa shape index (κ2) is 7.01. The molecular formula is C13H25ClN2OS. The average Bonchev–Trinajstić information content (AvgIpc) is 2.74. The van der Waals surface area contributed by atoms with Crippen LogP contribution < -0.4 is 10.6 Å². The summed E-state index contributed by atoms with van der Waals surface area (Å²) in [5.74, 6) is 2.76. The highest BCUT2D eigenvalue weighted by molar-refractivity contribution is 7.99. The molecule has 1 saturated carbocycles. The number of rotatable bonds is 5. The highest BCUT2D eigenvalue weighted by Crippen LogP contribution is 2.45. The lowest BCUT2D eigenvalue weighted by atomic mass is 9.64. The van der Waals surface area contributed by atoms with Gasteiger partial charge < -0.3 is 5.32 Å². The topological polar surface area (TPSA) is 41.1 Å². The largest absolute Gasteiger partial charge is 0.354 e. The number of hydrogen-bond acceptors (Lipinski definition) is 3. The Hall–Kier alpha value is 0.0700. The molecule has 1 amide bonds. The second-order valence-corrected chi connectivity index (χ2v) is 6.97. The van der Waals surface area contributed by atoms with Crippen molar-refractivity contribution < 1.29 is 4.79 Å². The third-order valence-electron chi connectivity index (χ3n) is 3.93. The highest BCUT2D eigenvalue weighted by Gasteiger charge is 2.38. The van der Waals surface area contributed by atoms with Crippen LogP contribution in [-0.2, 0) is 4.79 Å². The van der Waals surface area contributed by atoms with E-state index >= 15 is 0 Å². The molecule has 1 aliphatic heterocycles. The maximum Gasteiger partial charge on any atom is 0.238 e.